The molecular weight excluding hydrogens is 446 g/mol. The Labute approximate surface area is 192 Å². The van der Waals surface area contributed by atoms with Gasteiger partial charge in [0.05, 0.1) is 12.2 Å². The first-order chi connectivity index (χ1) is 15.5. The zero-order valence-electron chi connectivity index (χ0n) is 19.1. The number of rotatable bonds is 9. The highest BCUT2D eigenvalue weighted by Crippen LogP contribution is 2.41. The van der Waals surface area contributed by atoms with Gasteiger partial charge in [0.2, 0.25) is 0 Å². The Morgan fingerprint density at radius 1 is 0.939 bits per heavy atom. The van der Waals surface area contributed by atoms with Crippen LogP contribution < -0.4 is 4.74 Å². The Hall–Kier alpha value is -1.44. The molecule has 0 aromatic heterocycles. The summed E-state index contributed by atoms with van der Waals surface area (Å²) < 4.78 is 87.2. The second-order valence-corrected chi connectivity index (χ2v) is 9.66. The minimum Gasteiger partial charge on any atom is -0.430 e. The fraction of sp³-hybridized carbons (Fsp3) is 0.760. The second-order valence-electron chi connectivity index (χ2n) is 9.66. The van der Waals surface area contributed by atoms with Gasteiger partial charge in [0.15, 0.2) is 0 Å². The van der Waals surface area contributed by atoms with E-state index in [1.807, 2.05) is 0 Å². The van der Waals surface area contributed by atoms with Crippen molar-refractivity contribution >= 4 is 0 Å². The van der Waals surface area contributed by atoms with Crippen molar-refractivity contribution in [2.45, 2.75) is 108 Å². The van der Waals surface area contributed by atoms with Crippen LogP contribution in [0.15, 0.2) is 24.3 Å². The second kappa shape index (κ2) is 10.9. The lowest BCUT2D eigenvalue weighted by Gasteiger charge is -2.39. The maximum atomic E-state index is 13.5. The van der Waals surface area contributed by atoms with Crippen LogP contribution in [-0.2, 0) is 4.74 Å². The number of hydrogen-bond donors (Lipinski definition) is 0. The maximum absolute atomic E-state index is 13.5. The van der Waals surface area contributed by atoms with E-state index in [0.717, 1.165) is 63.5 Å². The molecule has 1 atom stereocenters. The summed E-state index contributed by atoms with van der Waals surface area (Å²) in [6, 6.07) is 5.51. The lowest BCUT2D eigenvalue weighted by Crippen LogP contribution is -2.45. The van der Waals surface area contributed by atoms with Gasteiger partial charge in [-0.05, 0) is 74.5 Å². The first kappa shape index (κ1) is 26.2. The first-order valence-corrected chi connectivity index (χ1v) is 12.1. The molecule has 0 N–H and O–H groups in total. The van der Waals surface area contributed by atoms with Gasteiger partial charge in [-0.15, -0.1) is 0 Å². The topological polar surface area (TPSA) is 18.5 Å². The molecule has 8 heteroatoms. The average molecular weight is 481 g/mol. The van der Waals surface area contributed by atoms with Crippen molar-refractivity contribution in [2.24, 2.45) is 5.92 Å². The average Bonchev–Trinajstić information content (AvgIpc) is 2.78. The zero-order chi connectivity index (χ0) is 24.1. The molecule has 2 aliphatic carbocycles. The Kier molecular flexibility index (Phi) is 8.62. The van der Waals surface area contributed by atoms with E-state index in [1.54, 1.807) is 12.1 Å². The quantitative estimate of drug-likeness (QED) is 0.331. The van der Waals surface area contributed by atoms with Crippen molar-refractivity contribution in [3.05, 3.63) is 29.8 Å². The van der Waals surface area contributed by atoms with Gasteiger partial charge in [-0.2, -0.15) is 22.0 Å². The molecule has 1 aromatic carbocycles. The van der Waals surface area contributed by atoms with Crippen molar-refractivity contribution in [3.63, 3.8) is 0 Å². The number of hydrogen-bond acceptors (Lipinski definition) is 2. The number of halogens is 6. The zero-order valence-corrected chi connectivity index (χ0v) is 19.1. The van der Waals surface area contributed by atoms with Crippen LogP contribution in [-0.4, -0.2) is 30.7 Å². The third kappa shape index (κ3) is 7.03. The number of benzene rings is 1. The molecule has 0 amide bonds. The summed E-state index contributed by atoms with van der Waals surface area (Å²) >= 11 is 0. The largest absolute Gasteiger partial charge is 0.439 e. The highest BCUT2D eigenvalue weighted by Gasteiger charge is 2.59. The summed E-state index contributed by atoms with van der Waals surface area (Å²) in [7, 11) is 0. The summed E-state index contributed by atoms with van der Waals surface area (Å²) in [6.45, 7) is 2.98. The standard InChI is InChI=1S/C25H34F6O2/c1-2-14-23(15-4-3-5-16-23)32-17-18-6-8-19(9-7-18)20-10-12-21(13-11-20)33-25(30,31)22(26)24(27,28)29/h10-13,18-19,22H,2-9,14-17H2,1H3. The lowest BCUT2D eigenvalue weighted by molar-refractivity contribution is -0.304. The van der Waals surface area contributed by atoms with Crippen LogP contribution in [0.2, 0.25) is 0 Å². The Bertz CT molecular complexity index is 714. The summed E-state index contributed by atoms with van der Waals surface area (Å²) in [5, 5.41) is 0. The third-order valence-corrected chi connectivity index (χ3v) is 7.13. The van der Waals surface area contributed by atoms with E-state index < -0.39 is 24.2 Å². The lowest BCUT2D eigenvalue weighted by atomic mass is 9.78. The van der Waals surface area contributed by atoms with Gasteiger partial charge in [-0.25, -0.2) is 4.39 Å². The van der Waals surface area contributed by atoms with Gasteiger partial charge in [0, 0.05) is 0 Å². The predicted molar refractivity (Wildman–Crippen MR) is 114 cm³/mol. The maximum Gasteiger partial charge on any atom is 0.439 e. The van der Waals surface area contributed by atoms with Crippen LogP contribution in [0.3, 0.4) is 0 Å². The number of alkyl halides is 6. The van der Waals surface area contributed by atoms with Crippen molar-refractivity contribution in [1.29, 1.82) is 0 Å². The Balaban J connectivity index is 1.49. The molecule has 0 bridgehead atoms. The highest BCUT2D eigenvalue weighted by molar-refractivity contribution is 5.30. The molecule has 1 aromatic rings. The van der Waals surface area contributed by atoms with Crippen LogP contribution in [0.1, 0.15) is 89.0 Å². The van der Waals surface area contributed by atoms with E-state index >= 15 is 0 Å². The monoisotopic (exact) mass is 480 g/mol. The first-order valence-electron chi connectivity index (χ1n) is 12.1. The molecule has 0 radical (unpaired) electrons. The van der Waals surface area contributed by atoms with Crippen LogP contribution >= 0.6 is 0 Å². The van der Waals surface area contributed by atoms with Gasteiger partial charge in [0.1, 0.15) is 5.75 Å². The fourth-order valence-corrected chi connectivity index (χ4v) is 5.28. The molecule has 2 aliphatic rings. The third-order valence-electron chi connectivity index (χ3n) is 7.13. The minimum absolute atomic E-state index is 0.0481. The Morgan fingerprint density at radius 3 is 2.09 bits per heavy atom. The smallest absolute Gasteiger partial charge is 0.430 e. The van der Waals surface area contributed by atoms with Gasteiger partial charge in [0.25, 0.3) is 6.17 Å². The van der Waals surface area contributed by atoms with Gasteiger partial charge in [-0.1, -0.05) is 44.7 Å². The molecule has 3 rings (SSSR count). The molecule has 1 unspecified atom stereocenters. The Morgan fingerprint density at radius 2 is 1.55 bits per heavy atom. The molecule has 0 spiro atoms. The predicted octanol–water partition coefficient (Wildman–Crippen LogP) is 8.35. The van der Waals surface area contributed by atoms with Crippen LogP contribution in [0.4, 0.5) is 26.3 Å². The van der Waals surface area contributed by atoms with Crippen LogP contribution in [0.25, 0.3) is 0 Å². The van der Waals surface area contributed by atoms with E-state index in [2.05, 4.69) is 11.7 Å². The normalized spacial score (nSPS) is 24.9. The van der Waals surface area contributed by atoms with Crippen molar-refractivity contribution < 1.29 is 35.8 Å². The highest BCUT2D eigenvalue weighted by atomic mass is 19.4. The number of ether oxygens (including phenoxy) is 2. The van der Waals surface area contributed by atoms with E-state index in [0.29, 0.717) is 5.92 Å². The molecule has 2 fully saturated rings. The molecule has 33 heavy (non-hydrogen) atoms. The SMILES string of the molecule is CCCC1(OCC2CCC(c3ccc(OC(F)(F)C(F)C(F)(F)F)cc3)CC2)CCCCC1. The fourth-order valence-electron chi connectivity index (χ4n) is 5.28. The van der Waals surface area contributed by atoms with E-state index in [-0.39, 0.29) is 11.5 Å². The molecule has 0 saturated heterocycles. The molecular formula is C25H34F6O2. The van der Waals surface area contributed by atoms with Crippen LogP contribution in [0, 0.1) is 5.92 Å². The van der Waals surface area contributed by atoms with Gasteiger partial charge in [-0.3, -0.25) is 0 Å². The van der Waals surface area contributed by atoms with Crippen LogP contribution in [0.5, 0.6) is 5.75 Å². The van der Waals surface area contributed by atoms with Crippen molar-refractivity contribution in [2.75, 3.05) is 6.61 Å². The van der Waals surface area contributed by atoms with E-state index in [9.17, 15) is 26.3 Å². The summed E-state index contributed by atoms with van der Waals surface area (Å²) in [5.74, 6) is 0.257. The minimum atomic E-state index is -5.70. The van der Waals surface area contributed by atoms with E-state index in [4.69, 9.17) is 4.74 Å². The molecule has 0 heterocycles. The van der Waals surface area contributed by atoms with Gasteiger partial charge >= 0.3 is 12.3 Å². The molecule has 0 aliphatic heterocycles. The summed E-state index contributed by atoms with van der Waals surface area (Å²) in [6.07, 6.45) is -2.86. The van der Waals surface area contributed by atoms with Crippen molar-refractivity contribution in [1.82, 2.24) is 0 Å². The van der Waals surface area contributed by atoms with Gasteiger partial charge < -0.3 is 9.47 Å². The van der Waals surface area contributed by atoms with Crippen molar-refractivity contribution in [3.8, 4) is 5.75 Å². The summed E-state index contributed by atoms with van der Waals surface area (Å²) in [4.78, 5) is 0. The summed E-state index contributed by atoms with van der Waals surface area (Å²) in [5.41, 5.74) is 0.972. The molecule has 2 nitrogen and oxygen atoms in total. The molecule has 188 valence electrons. The van der Waals surface area contributed by atoms with E-state index in [1.165, 1.54) is 31.4 Å². The molecule has 2 saturated carbocycles.